The number of rotatable bonds is 4. The molecular formula is C20H21BrClN3OS. The minimum absolute atomic E-state index is 0.139. The maximum absolute atomic E-state index is 6.26. The topological polar surface area (TPSA) is 39.9 Å². The lowest BCUT2D eigenvalue weighted by Gasteiger charge is -2.18. The Morgan fingerprint density at radius 1 is 1.15 bits per heavy atom. The molecule has 0 saturated carbocycles. The summed E-state index contributed by atoms with van der Waals surface area (Å²) < 4.78 is 8.01. The molecule has 0 atom stereocenters. The van der Waals surface area contributed by atoms with Gasteiger partial charge < -0.3 is 4.74 Å². The quantitative estimate of drug-likeness (QED) is 0.443. The van der Waals surface area contributed by atoms with Crippen LogP contribution in [0.2, 0.25) is 5.02 Å². The Morgan fingerprint density at radius 2 is 1.81 bits per heavy atom. The van der Waals surface area contributed by atoms with E-state index in [4.69, 9.17) is 16.3 Å². The second-order valence-electron chi connectivity index (χ2n) is 7.21. The molecule has 0 aliphatic heterocycles. The third-order valence-corrected chi connectivity index (χ3v) is 6.51. The van der Waals surface area contributed by atoms with E-state index in [1.807, 2.05) is 19.1 Å². The van der Waals surface area contributed by atoms with Gasteiger partial charge in [0, 0.05) is 9.37 Å². The summed E-state index contributed by atoms with van der Waals surface area (Å²) in [6.45, 7) is 8.62. The molecule has 0 bridgehead atoms. The van der Waals surface area contributed by atoms with E-state index < -0.39 is 0 Å². The molecule has 0 spiro atoms. The van der Waals surface area contributed by atoms with E-state index in [9.17, 15) is 0 Å². The van der Waals surface area contributed by atoms with Gasteiger partial charge in [0.25, 0.3) is 0 Å². The fourth-order valence-corrected chi connectivity index (χ4v) is 3.91. The van der Waals surface area contributed by atoms with Gasteiger partial charge in [0.05, 0.1) is 17.8 Å². The summed E-state index contributed by atoms with van der Waals surface area (Å²) in [4.78, 5) is 1.12. The molecule has 3 aromatic rings. The molecule has 27 heavy (non-hydrogen) atoms. The van der Waals surface area contributed by atoms with Crippen molar-refractivity contribution >= 4 is 39.3 Å². The lowest BCUT2D eigenvalue weighted by atomic mass is 9.87. The number of nitrogens with zero attached hydrogens (tertiary/aromatic N) is 3. The van der Waals surface area contributed by atoms with E-state index in [1.165, 1.54) is 5.56 Å². The van der Waals surface area contributed by atoms with E-state index in [-0.39, 0.29) is 5.41 Å². The summed E-state index contributed by atoms with van der Waals surface area (Å²) in [6, 6.07) is 12.2. The zero-order valence-electron chi connectivity index (χ0n) is 15.9. The van der Waals surface area contributed by atoms with E-state index in [1.54, 1.807) is 23.6 Å². The second-order valence-corrected chi connectivity index (χ2v) is 9.53. The normalized spacial score (nSPS) is 11.7. The zero-order chi connectivity index (χ0) is 19.8. The first kappa shape index (κ1) is 20.2. The predicted octanol–water partition coefficient (Wildman–Crippen LogP) is 6.45. The number of hydrogen-bond acceptors (Lipinski definition) is 4. The van der Waals surface area contributed by atoms with Crippen LogP contribution < -0.4 is 4.74 Å². The first-order valence-corrected chi connectivity index (χ1v) is 10.4. The highest BCUT2D eigenvalue weighted by Gasteiger charge is 2.17. The Balaban J connectivity index is 1.91. The summed E-state index contributed by atoms with van der Waals surface area (Å²) in [5.74, 6) is 0.672. The van der Waals surface area contributed by atoms with Gasteiger partial charge in [-0.1, -0.05) is 61.5 Å². The van der Waals surface area contributed by atoms with E-state index in [0.717, 1.165) is 25.8 Å². The van der Waals surface area contributed by atoms with Gasteiger partial charge in [-0.2, -0.15) is 0 Å². The number of aromatic nitrogens is 3. The molecular weight excluding hydrogens is 446 g/mol. The predicted molar refractivity (Wildman–Crippen MR) is 115 cm³/mol. The SMILES string of the molecule is COc1cc(Br)c(Cl)cc1-n1nnc(Sc2ccc(C(C)(C)C)cc2)c1C. The zero-order valence-corrected chi connectivity index (χ0v) is 19.0. The molecule has 3 rings (SSSR count). The smallest absolute Gasteiger partial charge is 0.147 e. The van der Waals surface area contributed by atoms with Gasteiger partial charge in [-0.3, -0.25) is 0 Å². The van der Waals surface area contributed by atoms with Gasteiger partial charge in [-0.25, -0.2) is 4.68 Å². The summed E-state index contributed by atoms with van der Waals surface area (Å²) in [5, 5.41) is 10.1. The summed E-state index contributed by atoms with van der Waals surface area (Å²) in [6.07, 6.45) is 0. The molecule has 0 radical (unpaired) electrons. The summed E-state index contributed by atoms with van der Waals surface area (Å²) in [7, 11) is 1.62. The van der Waals surface area contributed by atoms with Crippen molar-refractivity contribution in [1.82, 2.24) is 15.0 Å². The molecule has 4 nitrogen and oxygen atoms in total. The molecule has 7 heteroatoms. The number of ether oxygens (including phenoxy) is 1. The van der Waals surface area contributed by atoms with Crippen molar-refractivity contribution in [3.05, 3.63) is 57.2 Å². The first-order chi connectivity index (χ1) is 12.7. The maximum atomic E-state index is 6.26. The molecule has 0 saturated heterocycles. The number of halogens is 2. The average Bonchev–Trinajstić information content (AvgIpc) is 2.97. The average molecular weight is 467 g/mol. The Kier molecular flexibility index (Phi) is 5.89. The highest BCUT2D eigenvalue weighted by molar-refractivity contribution is 9.10. The number of hydrogen-bond donors (Lipinski definition) is 0. The van der Waals surface area contributed by atoms with Gasteiger partial charge >= 0.3 is 0 Å². The molecule has 0 aliphatic rings. The lowest BCUT2D eigenvalue weighted by Crippen LogP contribution is -2.10. The van der Waals surface area contributed by atoms with E-state index in [0.29, 0.717) is 10.8 Å². The molecule has 0 fully saturated rings. The minimum atomic E-state index is 0.139. The van der Waals surface area contributed by atoms with Crippen LogP contribution in [0.5, 0.6) is 5.75 Å². The van der Waals surface area contributed by atoms with Gasteiger partial charge in [0.1, 0.15) is 16.5 Å². The van der Waals surface area contributed by atoms with Crippen molar-refractivity contribution in [2.45, 2.75) is 43.0 Å². The van der Waals surface area contributed by atoms with Crippen LogP contribution in [0.25, 0.3) is 5.69 Å². The molecule has 0 N–H and O–H groups in total. The molecule has 0 amide bonds. The van der Waals surface area contributed by atoms with E-state index in [2.05, 4.69) is 71.3 Å². The minimum Gasteiger partial charge on any atom is -0.494 e. The first-order valence-electron chi connectivity index (χ1n) is 8.45. The largest absolute Gasteiger partial charge is 0.494 e. The lowest BCUT2D eigenvalue weighted by molar-refractivity contribution is 0.411. The maximum Gasteiger partial charge on any atom is 0.147 e. The Morgan fingerprint density at radius 3 is 2.41 bits per heavy atom. The molecule has 1 aromatic heterocycles. The van der Waals surface area contributed by atoms with Crippen LogP contribution in [0.1, 0.15) is 32.0 Å². The van der Waals surface area contributed by atoms with Crippen LogP contribution in [0.3, 0.4) is 0 Å². The van der Waals surface area contributed by atoms with Crippen molar-refractivity contribution < 1.29 is 4.74 Å². The molecule has 1 heterocycles. The Hall–Kier alpha value is -1.50. The Labute approximate surface area is 177 Å². The molecule has 0 aliphatic carbocycles. The van der Waals surface area contributed by atoms with Crippen molar-refractivity contribution in [3.63, 3.8) is 0 Å². The van der Waals surface area contributed by atoms with Crippen molar-refractivity contribution in [2.75, 3.05) is 7.11 Å². The second kappa shape index (κ2) is 7.86. The summed E-state index contributed by atoms with van der Waals surface area (Å²) >= 11 is 11.3. The highest BCUT2D eigenvalue weighted by atomic mass is 79.9. The van der Waals surface area contributed by atoms with Crippen LogP contribution in [-0.2, 0) is 5.41 Å². The third-order valence-electron chi connectivity index (χ3n) is 4.24. The van der Waals surface area contributed by atoms with Crippen molar-refractivity contribution in [3.8, 4) is 11.4 Å². The van der Waals surface area contributed by atoms with Crippen molar-refractivity contribution in [2.24, 2.45) is 0 Å². The molecule has 2 aromatic carbocycles. The Bertz CT molecular complexity index is 965. The fourth-order valence-electron chi connectivity index (χ4n) is 2.62. The number of methoxy groups -OCH3 is 1. The van der Waals surface area contributed by atoms with Crippen LogP contribution in [0.15, 0.2) is 50.8 Å². The molecule has 0 unspecified atom stereocenters. The van der Waals surface area contributed by atoms with Crippen LogP contribution in [0, 0.1) is 6.92 Å². The van der Waals surface area contributed by atoms with Crippen LogP contribution in [0.4, 0.5) is 0 Å². The molecule has 142 valence electrons. The van der Waals surface area contributed by atoms with Gasteiger partial charge in [-0.15, -0.1) is 5.10 Å². The standard InChI is InChI=1S/C20H21BrClN3OS/c1-12-19(27-14-8-6-13(7-9-14)20(2,3)4)23-24-25(12)17-11-16(22)15(21)10-18(17)26-5/h6-11H,1-5H3. The van der Waals surface area contributed by atoms with Crippen molar-refractivity contribution in [1.29, 1.82) is 0 Å². The van der Waals surface area contributed by atoms with Gasteiger partial charge in [0.2, 0.25) is 0 Å². The monoisotopic (exact) mass is 465 g/mol. The van der Waals surface area contributed by atoms with Gasteiger partial charge in [0.15, 0.2) is 0 Å². The highest BCUT2D eigenvalue weighted by Crippen LogP contribution is 2.36. The van der Waals surface area contributed by atoms with Crippen LogP contribution >= 0.6 is 39.3 Å². The third kappa shape index (κ3) is 4.33. The van der Waals surface area contributed by atoms with Gasteiger partial charge in [-0.05, 0) is 58.1 Å². The fraction of sp³-hybridized carbons (Fsp3) is 0.300. The van der Waals surface area contributed by atoms with E-state index >= 15 is 0 Å². The van der Waals surface area contributed by atoms with Crippen LogP contribution in [-0.4, -0.2) is 22.1 Å². The summed E-state index contributed by atoms with van der Waals surface area (Å²) in [5.41, 5.74) is 3.13. The number of benzene rings is 2.